The van der Waals surface area contributed by atoms with Crippen LogP contribution in [0.25, 0.3) is 0 Å². The van der Waals surface area contributed by atoms with Gasteiger partial charge in [0.1, 0.15) is 11.6 Å². The summed E-state index contributed by atoms with van der Waals surface area (Å²) >= 11 is 1.95. The van der Waals surface area contributed by atoms with Crippen LogP contribution in [0.4, 0.5) is 5.69 Å². The zero-order chi connectivity index (χ0) is 7.90. The average Bonchev–Trinajstić information content (AvgIpc) is 2.29. The molecule has 0 amide bonds. The van der Waals surface area contributed by atoms with Crippen molar-refractivity contribution in [2.75, 3.05) is 20.0 Å². The third-order valence-corrected chi connectivity index (χ3v) is 3.49. The molecule has 0 spiro atoms. The SMILES string of the molecule is C[N+]1(C)CSc2ccccc21. The van der Waals surface area contributed by atoms with Gasteiger partial charge >= 0.3 is 0 Å². The Morgan fingerprint density at radius 1 is 1.27 bits per heavy atom. The molecule has 0 radical (unpaired) electrons. The van der Waals surface area contributed by atoms with Crippen LogP contribution in [-0.4, -0.2) is 20.0 Å². The van der Waals surface area contributed by atoms with Gasteiger partial charge in [-0.3, -0.25) is 4.48 Å². The molecule has 1 aromatic rings. The fourth-order valence-corrected chi connectivity index (χ4v) is 2.62. The summed E-state index contributed by atoms with van der Waals surface area (Å²) in [5, 5.41) is 0. The number of benzene rings is 1. The van der Waals surface area contributed by atoms with Crippen molar-refractivity contribution in [1.29, 1.82) is 0 Å². The summed E-state index contributed by atoms with van der Waals surface area (Å²) in [6.45, 7) is 0. The van der Waals surface area contributed by atoms with E-state index in [9.17, 15) is 0 Å². The van der Waals surface area contributed by atoms with E-state index in [1.165, 1.54) is 16.5 Å². The van der Waals surface area contributed by atoms with E-state index in [0.29, 0.717) is 0 Å². The number of fused-ring (bicyclic) bond motifs is 1. The quantitative estimate of drug-likeness (QED) is 0.533. The van der Waals surface area contributed by atoms with Crippen LogP contribution in [0, 0.1) is 0 Å². The predicted octanol–water partition coefficient (Wildman–Crippen LogP) is 2.32. The molecular formula is C9H12NS+. The van der Waals surface area contributed by atoms with Gasteiger partial charge in [-0.15, -0.1) is 0 Å². The fraction of sp³-hybridized carbons (Fsp3) is 0.333. The number of para-hydroxylation sites is 1. The van der Waals surface area contributed by atoms with E-state index in [-0.39, 0.29) is 0 Å². The number of rotatable bonds is 0. The van der Waals surface area contributed by atoms with Gasteiger partial charge in [0.25, 0.3) is 0 Å². The average molecular weight is 166 g/mol. The minimum atomic E-state index is 1.01. The topological polar surface area (TPSA) is 0 Å². The Balaban J connectivity index is 2.56. The molecule has 0 aromatic heterocycles. The Kier molecular flexibility index (Phi) is 1.48. The van der Waals surface area contributed by atoms with Gasteiger partial charge in [-0.25, -0.2) is 0 Å². The number of hydrogen-bond acceptors (Lipinski definition) is 1. The minimum Gasteiger partial charge on any atom is -0.286 e. The van der Waals surface area contributed by atoms with Crippen molar-refractivity contribution < 1.29 is 0 Å². The molecule has 0 saturated heterocycles. The molecule has 1 aliphatic rings. The molecular weight excluding hydrogens is 154 g/mol. The largest absolute Gasteiger partial charge is 0.286 e. The van der Waals surface area contributed by atoms with Crippen LogP contribution >= 0.6 is 11.8 Å². The predicted molar refractivity (Wildman–Crippen MR) is 50.8 cm³/mol. The molecule has 1 nitrogen and oxygen atoms in total. The van der Waals surface area contributed by atoms with Gasteiger partial charge in [-0.1, -0.05) is 23.9 Å². The van der Waals surface area contributed by atoms with Crippen molar-refractivity contribution in [3.8, 4) is 0 Å². The summed E-state index contributed by atoms with van der Waals surface area (Å²) in [6.07, 6.45) is 0. The standard InChI is InChI=1S/C9H12NS/c1-10(2)7-11-9-6-4-3-5-8(9)10/h3-6H,7H2,1-2H3/q+1. The molecule has 1 aromatic carbocycles. The number of thioether (sulfide) groups is 1. The molecule has 0 fully saturated rings. The third-order valence-electron chi connectivity index (χ3n) is 2.06. The first-order valence-corrected chi connectivity index (χ1v) is 4.74. The Bertz CT molecular complexity index is 281. The zero-order valence-electron chi connectivity index (χ0n) is 6.87. The number of nitrogens with zero attached hydrogens (tertiary/aromatic N) is 1. The van der Waals surface area contributed by atoms with E-state index < -0.39 is 0 Å². The minimum absolute atomic E-state index is 1.01. The van der Waals surface area contributed by atoms with Gasteiger partial charge in [-0.2, -0.15) is 0 Å². The smallest absolute Gasteiger partial charge is 0.147 e. The highest BCUT2D eigenvalue weighted by Gasteiger charge is 2.29. The van der Waals surface area contributed by atoms with Crippen molar-refractivity contribution in [1.82, 2.24) is 4.48 Å². The van der Waals surface area contributed by atoms with Crippen molar-refractivity contribution in [2.24, 2.45) is 0 Å². The highest BCUT2D eigenvalue weighted by Crippen LogP contribution is 2.40. The lowest BCUT2D eigenvalue weighted by molar-refractivity contribution is 0.472. The van der Waals surface area contributed by atoms with Gasteiger partial charge in [0.05, 0.1) is 19.0 Å². The second kappa shape index (κ2) is 2.26. The van der Waals surface area contributed by atoms with Crippen LogP contribution in [0.1, 0.15) is 0 Å². The first kappa shape index (κ1) is 7.19. The lowest BCUT2D eigenvalue weighted by Crippen LogP contribution is -2.36. The van der Waals surface area contributed by atoms with Crippen LogP contribution < -0.4 is 4.48 Å². The molecule has 1 aliphatic heterocycles. The van der Waals surface area contributed by atoms with E-state index in [0.717, 1.165) is 4.48 Å². The maximum absolute atomic E-state index is 2.25. The maximum Gasteiger partial charge on any atom is 0.147 e. The first-order chi connectivity index (χ1) is 5.20. The zero-order valence-corrected chi connectivity index (χ0v) is 7.69. The Hall–Kier alpha value is -0.470. The van der Waals surface area contributed by atoms with Gasteiger partial charge in [-0.05, 0) is 6.07 Å². The summed E-state index contributed by atoms with van der Waals surface area (Å²) in [5.74, 6) is 1.17. The molecule has 0 unspecified atom stereocenters. The van der Waals surface area contributed by atoms with Gasteiger partial charge in [0, 0.05) is 6.07 Å². The van der Waals surface area contributed by atoms with Gasteiger partial charge < -0.3 is 0 Å². The van der Waals surface area contributed by atoms with E-state index in [1.54, 1.807) is 0 Å². The summed E-state index contributed by atoms with van der Waals surface area (Å²) in [7, 11) is 4.50. The van der Waals surface area contributed by atoms with E-state index in [2.05, 4.69) is 38.4 Å². The Labute approximate surface area is 71.6 Å². The molecule has 2 heteroatoms. The molecule has 0 atom stereocenters. The summed E-state index contributed by atoms with van der Waals surface area (Å²) in [4.78, 5) is 1.44. The van der Waals surface area contributed by atoms with Gasteiger partial charge in [0.2, 0.25) is 0 Å². The highest BCUT2D eigenvalue weighted by atomic mass is 32.2. The summed E-state index contributed by atoms with van der Waals surface area (Å²) in [5.41, 5.74) is 1.46. The third kappa shape index (κ3) is 1.06. The fourth-order valence-electron chi connectivity index (χ4n) is 1.38. The van der Waals surface area contributed by atoms with Crippen molar-refractivity contribution in [3.05, 3.63) is 24.3 Å². The van der Waals surface area contributed by atoms with Crippen LogP contribution in [0.15, 0.2) is 29.2 Å². The molecule has 1 heterocycles. The lowest BCUT2D eigenvalue weighted by atomic mass is 10.3. The van der Waals surface area contributed by atoms with Crippen molar-refractivity contribution >= 4 is 17.4 Å². The summed E-state index contributed by atoms with van der Waals surface area (Å²) in [6, 6.07) is 8.64. The molecule has 58 valence electrons. The molecule has 0 bridgehead atoms. The van der Waals surface area contributed by atoms with Crippen molar-refractivity contribution in [2.45, 2.75) is 4.90 Å². The molecule has 0 N–H and O–H groups in total. The number of hydrogen-bond donors (Lipinski definition) is 0. The second-order valence-corrected chi connectivity index (χ2v) is 4.41. The second-order valence-electron chi connectivity index (χ2n) is 3.43. The monoisotopic (exact) mass is 166 g/mol. The Morgan fingerprint density at radius 3 is 2.73 bits per heavy atom. The molecule has 11 heavy (non-hydrogen) atoms. The van der Waals surface area contributed by atoms with Crippen molar-refractivity contribution in [3.63, 3.8) is 0 Å². The van der Waals surface area contributed by atoms with Crippen LogP contribution in [0.5, 0.6) is 0 Å². The van der Waals surface area contributed by atoms with Crippen LogP contribution in [0.2, 0.25) is 0 Å². The van der Waals surface area contributed by atoms with Crippen LogP contribution in [0.3, 0.4) is 0 Å². The van der Waals surface area contributed by atoms with E-state index in [1.807, 2.05) is 11.8 Å². The Morgan fingerprint density at radius 2 is 2.00 bits per heavy atom. The number of quaternary nitrogens is 1. The normalized spacial score (nSPS) is 19.8. The highest BCUT2D eigenvalue weighted by molar-refractivity contribution is 7.99. The molecule has 2 rings (SSSR count). The van der Waals surface area contributed by atoms with Gasteiger partial charge in [0.15, 0.2) is 0 Å². The first-order valence-electron chi connectivity index (χ1n) is 3.75. The van der Waals surface area contributed by atoms with E-state index >= 15 is 0 Å². The lowest BCUT2D eigenvalue weighted by Gasteiger charge is -2.22. The molecule has 0 aliphatic carbocycles. The molecule has 0 saturated carbocycles. The van der Waals surface area contributed by atoms with Crippen LogP contribution in [-0.2, 0) is 0 Å². The summed E-state index contributed by atoms with van der Waals surface area (Å²) < 4.78 is 1.01. The van der Waals surface area contributed by atoms with E-state index in [4.69, 9.17) is 0 Å². The maximum atomic E-state index is 2.25.